The fourth-order valence-corrected chi connectivity index (χ4v) is 3.67. The molecule has 1 heterocycles. The monoisotopic (exact) mass is 270 g/mol. The van der Waals surface area contributed by atoms with Gasteiger partial charge in [0.25, 0.3) is 0 Å². The quantitative estimate of drug-likeness (QED) is 0.845. The molecular weight excluding hydrogens is 244 g/mol. The number of hydrogen-bond donors (Lipinski definition) is 2. The van der Waals surface area contributed by atoms with Crippen molar-refractivity contribution >= 4 is 10.9 Å². The standard InChI is InChI=1S/C18H26N2/c1-5-9-19-14-10-18(3,4)11-15-16(14)13-8-6-7-12(2)17(13)20-15/h6-8,14,19-20H,5,9-11H2,1-4H3. The number of aryl methyl sites for hydroxylation is 1. The summed E-state index contributed by atoms with van der Waals surface area (Å²) in [4.78, 5) is 3.71. The molecule has 0 aliphatic heterocycles. The third-order valence-electron chi connectivity index (χ3n) is 4.57. The second kappa shape index (κ2) is 4.92. The van der Waals surface area contributed by atoms with Gasteiger partial charge in [-0.1, -0.05) is 39.0 Å². The van der Waals surface area contributed by atoms with E-state index in [-0.39, 0.29) is 0 Å². The summed E-state index contributed by atoms with van der Waals surface area (Å²) in [6.45, 7) is 10.3. The number of aromatic amines is 1. The van der Waals surface area contributed by atoms with Gasteiger partial charge < -0.3 is 10.3 Å². The third kappa shape index (κ3) is 2.26. The van der Waals surface area contributed by atoms with Crippen LogP contribution in [0.1, 0.15) is 56.5 Å². The first-order valence-electron chi connectivity index (χ1n) is 7.85. The summed E-state index contributed by atoms with van der Waals surface area (Å²) in [5, 5.41) is 5.18. The van der Waals surface area contributed by atoms with Gasteiger partial charge in [-0.15, -0.1) is 0 Å². The number of nitrogens with one attached hydrogen (secondary N) is 2. The van der Waals surface area contributed by atoms with Gasteiger partial charge >= 0.3 is 0 Å². The Morgan fingerprint density at radius 2 is 2.15 bits per heavy atom. The summed E-state index contributed by atoms with van der Waals surface area (Å²) >= 11 is 0. The van der Waals surface area contributed by atoms with Crippen molar-refractivity contribution in [3.8, 4) is 0 Å². The summed E-state index contributed by atoms with van der Waals surface area (Å²) in [7, 11) is 0. The maximum Gasteiger partial charge on any atom is 0.0489 e. The topological polar surface area (TPSA) is 27.8 Å². The molecule has 0 spiro atoms. The Kier molecular flexibility index (Phi) is 3.37. The minimum Gasteiger partial charge on any atom is -0.358 e. The molecule has 1 aliphatic carbocycles. The van der Waals surface area contributed by atoms with Gasteiger partial charge in [0.05, 0.1) is 0 Å². The van der Waals surface area contributed by atoms with Crippen LogP contribution in [0.2, 0.25) is 0 Å². The molecule has 2 heteroatoms. The van der Waals surface area contributed by atoms with Gasteiger partial charge in [-0.2, -0.15) is 0 Å². The lowest BCUT2D eigenvalue weighted by Gasteiger charge is -2.36. The van der Waals surface area contributed by atoms with Crippen molar-refractivity contribution in [2.24, 2.45) is 5.41 Å². The zero-order valence-corrected chi connectivity index (χ0v) is 13.1. The van der Waals surface area contributed by atoms with Crippen LogP contribution in [0.25, 0.3) is 10.9 Å². The smallest absolute Gasteiger partial charge is 0.0489 e. The highest BCUT2D eigenvalue weighted by Crippen LogP contribution is 2.44. The molecule has 108 valence electrons. The normalized spacial score (nSPS) is 21.1. The van der Waals surface area contributed by atoms with Crippen LogP contribution in [0, 0.1) is 12.3 Å². The van der Waals surface area contributed by atoms with Gasteiger partial charge in [0.1, 0.15) is 0 Å². The molecule has 1 unspecified atom stereocenters. The van der Waals surface area contributed by atoms with Crippen molar-refractivity contribution in [3.05, 3.63) is 35.0 Å². The van der Waals surface area contributed by atoms with E-state index in [1.807, 2.05) is 0 Å². The number of aromatic nitrogens is 1. The molecule has 0 amide bonds. The lowest BCUT2D eigenvalue weighted by molar-refractivity contribution is 0.257. The van der Waals surface area contributed by atoms with E-state index in [1.165, 1.54) is 40.6 Å². The SMILES string of the molecule is CCCNC1CC(C)(C)Cc2[nH]c3c(C)cccc3c21. The Morgan fingerprint density at radius 1 is 1.35 bits per heavy atom. The van der Waals surface area contributed by atoms with E-state index in [1.54, 1.807) is 0 Å². The van der Waals surface area contributed by atoms with Gasteiger partial charge in [-0.05, 0) is 49.3 Å². The van der Waals surface area contributed by atoms with Crippen molar-refractivity contribution in [2.45, 2.75) is 53.0 Å². The molecular formula is C18H26N2. The van der Waals surface area contributed by atoms with E-state index in [2.05, 4.69) is 56.2 Å². The molecule has 0 saturated heterocycles. The van der Waals surface area contributed by atoms with E-state index in [0.717, 1.165) is 13.0 Å². The minimum absolute atomic E-state index is 0.368. The van der Waals surface area contributed by atoms with Crippen LogP contribution >= 0.6 is 0 Å². The molecule has 1 aliphatic rings. The van der Waals surface area contributed by atoms with E-state index in [4.69, 9.17) is 0 Å². The van der Waals surface area contributed by atoms with Crippen LogP contribution in [0.5, 0.6) is 0 Å². The first-order chi connectivity index (χ1) is 9.52. The zero-order chi connectivity index (χ0) is 14.3. The molecule has 1 aromatic carbocycles. The third-order valence-corrected chi connectivity index (χ3v) is 4.57. The van der Waals surface area contributed by atoms with Gasteiger partial charge in [0, 0.05) is 22.6 Å². The number of rotatable bonds is 3. The zero-order valence-electron chi connectivity index (χ0n) is 13.1. The van der Waals surface area contributed by atoms with Crippen molar-refractivity contribution in [2.75, 3.05) is 6.54 Å². The number of fused-ring (bicyclic) bond motifs is 3. The first-order valence-corrected chi connectivity index (χ1v) is 7.85. The van der Waals surface area contributed by atoms with Crippen LogP contribution in [0.3, 0.4) is 0 Å². The number of hydrogen-bond acceptors (Lipinski definition) is 1. The van der Waals surface area contributed by atoms with Crippen molar-refractivity contribution in [1.82, 2.24) is 10.3 Å². The van der Waals surface area contributed by atoms with Gasteiger partial charge in [0.15, 0.2) is 0 Å². The molecule has 0 fully saturated rings. The molecule has 1 atom stereocenters. The average molecular weight is 270 g/mol. The second-order valence-corrected chi connectivity index (χ2v) is 7.07. The van der Waals surface area contributed by atoms with Crippen LogP contribution in [0.4, 0.5) is 0 Å². The summed E-state index contributed by atoms with van der Waals surface area (Å²) in [5.74, 6) is 0. The highest BCUT2D eigenvalue weighted by Gasteiger charge is 2.34. The maximum atomic E-state index is 3.76. The minimum atomic E-state index is 0.368. The largest absolute Gasteiger partial charge is 0.358 e. The van der Waals surface area contributed by atoms with Crippen LogP contribution in [-0.2, 0) is 6.42 Å². The van der Waals surface area contributed by atoms with Crippen LogP contribution in [-0.4, -0.2) is 11.5 Å². The molecule has 3 rings (SSSR count). The van der Waals surface area contributed by atoms with E-state index in [9.17, 15) is 0 Å². The average Bonchev–Trinajstić information content (AvgIpc) is 2.74. The predicted molar refractivity (Wildman–Crippen MR) is 86.2 cm³/mol. The maximum absolute atomic E-state index is 3.76. The first kappa shape index (κ1) is 13.7. The predicted octanol–water partition coefficient (Wildman–Crippen LogP) is 4.49. The molecule has 2 N–H and O–H groups in total. The Labute approximate surface area is 122 Å². The number of benzene rings is 1. The summed E-state index contributed by atoms with van der Waals surface area (Å²) in [6.07, 6.45) is 3.56. The van der Waals surface area contributed by atoms with Gasteiger partial charge in [0.2, 0.25) is 0 Å². The molecule has 2 nitrogen and oxygen atoms in total. The van der Waals surface area contributed by atoms with Gasteiger partial charge in [-0.25, -0.2) is 0 Å². The Hall–Kier alpha value is -1.28. The lowest BCUT2D eigenvalue weighted by Crippen LogP contribution is -2.33. The van der Waals surface area contributed by atoms with Gasteiger partial charge in [-0.3, -0.25) is 0 Å². The Balaban J connectivity index is 2.13. The van der Waals surface area contributed by atoms with Crippen molar-refractivity contribution in [1.29, 1.82) is 0 Å². The molecule has 1 aromatic heterocycles. The summed E-state index contributed by atoms with van der Waals surface area (Å²) in [5.41, 5.74) is 6.02. The highest BCUT2D eigenvalue weighted by molar-refractivity contribution is 5.88. The second-order valence-electron chi connectivity index (χ2n) is 7.07. The number of para-hydroxylation sites is 1. The van der Waals surface area contributed by atoms with Crippen molar-refractivity contribution in [3.63, 3.8) is 0 Å². The van der Waals surface area contributed by atoms with E-state index >= 15 is 0 Å². The molecule has 0 saturated carbocycles. The van der Waals surface area contributed by atoms with E-state index < -0.39 is 0 Å². The van der Waals surface area contributed by atoms with Crippen molar-refractivity contribution < 1.29 is 0 Å². The fourth-order valence-electron chi connectivity index (χ4n) is 3.67. The fraction of sp³-hybridized carbons (Fsp3) is 0.556. The molecule has 0 radical (unpaired) electrons. The molecule has 0 bridgehead atoms. The number of H-pyrrole nitrogens is 1. The Morgan fingerprint density at radius 3 is 2.90 bits per heavy atom. The summed E-state index contributed by atoms with van der Waals surface area (Å²) in [6, 6.07) is 7.15. The summed E-state index contributed by atoms with van der Waals surface area (Å²) < 4.78 is 0. The lowest BCUT2D eigenvalue weighted by atomic mass is 9.74. The highest BCUT2D eigenvalue weighted by atomic mass is 14.9. The van der Waals surface area contributed by atoms with Crippen LogP contribution in [0.15, 0.2) is 18.2 Å². The Bertz CT molecular complexity index is 622. The molecule has 2 aromatic rings. The van der Waals surface area contributed by atoms with E-state index in [0.29, 0.717) is 11.5 Å². The van der Waals surface area contributed by atoms with Crippen LogP contribution < -0.4 is 5.32 Å². The molecule has 20 heavy (non-hydrogen) atoms.